The largest absolute Gasteiger partial charge is 0.497 e. The van der Waals surface area contributed by atoms with Crippen LogP contribution in [0.1, 0.15) is 5.56 Å². The molecule has 7 heteroatoms. The summed E-state index contributed by atoms with van der Waals surface area (Å²) in [6, 6.07) is 14.5. The number of nitrogens with one attached hydrogen (secondary N) is 2. The van der Waals surface area contributed by atoms with Crippen LogP contribution in [-0.2, 0) is 11.3 Å². The Hall–Kier alpha value is -3.66. The minimum Gasteiger partial charge on any atom is -0.497 e. The maximum absolute atomic E-state index is 12.2. The Bertz CT molecular complexity index is 869. The van der Waals surface area contributed by atoms with Gasteiger partial charge in [-0.25, -0.2) is 0 Å². The minimum absolute atomic E-state index is 0.0313. The van der Waals surface area contributed by atoms with Crippen molar-refractivity contribution in [3.05, 3.63) is 59.8 Å². The van der Waals surface area contributed by atoms with Gasteiger partial charge in [-0.15, -0.1) is 0 Å². The molecule has 2 aromatic carbocycles. The number of carbonyl (C=O) groups excluding carboxylic acids is 1. The molecule has 7 nitrogen and oxygen atoms in total. The fourth-order valence-corrected chi connectivity index (χ4v) is 2.31. The summed E-state index contributed by atoms with van der Waals surface area (Å²) < 4.78 is 15.6. The van der Waals surface area contributed by atoms with E-state index in [1.165, 1.54) is 6.20 Å². The van der Waals surface area contributed by atoms with E-state index in [9.17, 15) is 10.1 Å². The molecular formula is C19H17N3O4. The molecule has 1 aliphatic heterocycles. The molecule has 0 unspecified atom stereocenters. The summed E-state index contributed by atoms with van der Waals surface area (Å²) in [5.74, 6) is 1.56. The molecule has 0 fully saturated rings. The summed E-state index contributed by atoms with van der Waals surface area (Å²) in [4.78, 5) is 12.2. The van der Waals surface area contributed by atoms with Gasteiger partial charge in [-0.3, -0.25) is 4.79 Å². The number of hydrogen-bond acceptors (Lipinski definition) is 6. The van der Waals surface area contributed by atoms with Crippen LogP contribution >= 0.6 is 0 Å². The standard InChI is InChI=1S/C19H17N3O4/c1-24-16-5-2-13(3-6-16)10-22-19(23)14(9-20)11-21-15-4-7-17-18(8-15)26-12-25-17/h2-8,11,21H,10,12H2,1H3,(H,22,23)/b14-11-. The highest BCUT2D eigenvalue weighted by Gasteiger charge is 2.13. The topological polar surface area (TPSA) is 92.6 Å². The molecule has 1 heterocycles. The lowest BCUT2D eigenvalue weighted by Crippen LogP contribution is -2.24. The molecule has 0 aromatic heterocycles. The highest BCUT2D eigenvalue weighted by molar-refractivity contribution is 5.97. The lowest BCUT2D eigenvalue weighted by molar-refractivity contribution is -0.117. The van der Waals surface area contributed by atoms with E-state index in [1.54, 1.807) is 25.3 Å². The Morgan fingerprint density at radius 1 is 1.23 bits per heavy atom. The van der Waals surface area contributed by atoms with E-state index in [0.717, 1.165) is 11.3 Å². The van der Waals surface area contributed by atoms with Gasteiger partial charge < -0.3 is 24.8 Å². The van der Waals surface area contributed by atoms with Gasteiger partial charge in [0, 0.05) is 24.5 Å². The fourth-order valence-electron chi connectivity index (χ4n) is 2.31. The number of carbonyl (C=O) groups is 1. The summed E-state index contributed by atoms with van der Waals surface area (Å²) in [7, 11) is 1.59. The van der Waals surface area contributed by atoms with Crippen LogP contribution < -0.4 is 24.8 Å². The number of rotatable bonds is 6. The van der Waals surface area contributed by atoms with Crippen molar-refractivity contribution in [2.75, 3.05) is 19.2 Å². The minimum atomic E-state index is -0.462. The van der Waals surface area contributed by atoms with Crippen molar-refractivity contribution in [3.63, 3.8) is 0 Å². The van der Waals surface area contributed by atoms with Crippen molar-refractivity contribution in [2.45, 2.75) is 6.54 Å². The highest BCUT2D eigenvalue weighted by Crippen LogP contribution is 2.34. The molecule has 0 saturated heterocycles. The molecule has 0 spiro atoms. The van der Waals surface area contributed by atoms with Gasteiger partial charge in [-0.05, 0) is 29.8 Å². The van der Waals surface area contributed by atoms with Crippen LogP contribution in [0.5, 0.6) is 17.2 Å². The first kappa shape index (κ1) is 17.2. The van der Waals surface area contributed by atoms with Crippen LogP contribution in [0.15, 0.2) is 54.2 Å². The van der Waals surface area contributed by atoms with Crippen molar-refractivity contribution in [2.24, 2.45) is 0 Å². The van der Waals surface area contributed by atoms with Crippen LogP contribution in [0, 0.1) is 11.3 Å². The maximum atomic E-state index is 12.2. The molecular weight excluding hydrogens is 334 g/mol. The first-order chi connectivity index (χ1) is 12.7. The second-order valence-corrected chi connectivity index (χ2v) is 5.41. The van der Waals surface area contributed by atoms with Gasteiger partial charge >= 0.3 is 0 Å². The van der Waals surface area contributed by atoms with Gasteiger partial charge in [0.25, 0.3) is 5.91 Å². The van der Waals surface area contributed by atoms with Crippen molar-refractivity contribution in [1.29, 1.82) is 5.26 Å². The predicted octanol–water partition coefficient (Wildman–Crippen LogP) is 2.56. The molecule has 2 N–H and O–H groups in total. The smallest absolute Gasteiger partial charge is 0.263 e. The molecule has 26 heavy (non-hydrogen) atoms. The lowest BCUT2D eigenvalue weighted by Gasteiger charge is -2.07. The van der Waals surface area contributed by atoms with Crippen LogP contribution in [0.25, 0.3) is 0 Å². The second kappa shape index (κ2) is 7.94. The van der Waals surface area contributed by atoms with Crippen LogP contribution in [0.2, 0.25) is 0 Å². The summed E-state index contributed by atoms with van der Waals surface area (Å²) in [6.45, 7) is 0.498. The van der Waals surface area contributed by atoms with Gasteiger partial charge in [-0.1, -0.05) is 12.1 Å². The third kappa shape index (κ3) is 4.05. The molecule has 1 amide bonds. The second-order valence-electron chi connectivity index (χ2n) is 5.41. The van der Waals surface area contributed by atoms with Crippen LogP contribution in [0.4, 0.5) is 5.69 Å². The van der Waals surface area contributed by atoms with Crippen LogP contribution in [-0.4, -0.2) is 19.8 Å². The first-order valence-electron chi connectivity index (χ1n) is 7.87. The van der Waals surface area contributed by atoms with Gasteiger partial charge in [-0.2, -0.15) is 5.26 Å². The maximum Gasteiger partial charge on any atom is 0.263 e. The van der Waals surface area contributed by atoms with E-state index in [4.69, 9.17) is 14.2 Å². The van der Waals surface area contributed by atoms with Crippen LogP contribution in [0.3, 0.4) is 0 Å². The third-order valence-corrected chi connectivity index (χ3v) is 3.73. The Morgan fingerprint density at radius 3 is 2.73 bits per heavy atom. The normalized spacial score (nSPS) is 12.2. The Labute approximate surface area is 150 Å². The molecule has 0 saturated carbocycles. The predicted molar refractivity (Wildman–Crippen MR) is 94.7 cm³/mol. The monoisotopic (exact) mass is 351 g/mol. The van der Waals surface area contributed by atoms with E-state index >= 15 is 0 Å². The van der Waals surface area contributed by atoms with E-state index in [0.29, 0.717) is 23.7 Å². The molecule has 0 atom stereocenters. The summed E-state index contributed by atoms with van der Waals surface area (Å²) in [6.07, 6.45) is 1.36. The van der Waals surface area contributed by atoms with Gasteiger partial charge in [0.1, 0.15) is 17.4 Å². The quantitative estimate of drug-likeness (QED) is 0.614. The zero-order valence-corrected chi connectivity index (χ0v) is 14.1. The zero-order valence-electron chi connectivity index (χ0n) is 14.1. The number of nitriles is 1. The number of fused-ring (bicyclic) bond motifs is 1. The number of anilines is 1. The van der Waals surface area contributed by atoms with Crippen molar-refractivity contribution >= 4 is 11.6 Å². The fraction of sp³-hybridized carbons (Fsp3) is 0.158. The Morgan fingerprint density at radius 2 is 2.00 bits per heavy atom. The number of amides is 1. The van der Waals surface area contributed by atoms with Gasteiger partial charge in [0.15, 0.2) is 11.5 Å². The average Bonchev–Trinajstić information content (AvgIpc) is 3.15. The highest BCUT2D eigenvalue weighted by atomic mass is 16.7. The Kier molecular flexibility index (Phi) is 5.25. The van der Waals surface area contributed by atoms with E-state index in [1.807, 2.05) is 30.3 Å². The summed E-state index contributed by atoms with van der Waals surface area (Å²) >= 11 is 0. The number of methoxy groups -OCH3 is 1. The number of benzene rings is 2. The first-order valence-corrected chi connectivity index (χ1v) is 7.87. The Balaban J connectivity index is 1.59. The molecule has 1 aliphatic rings. The van der Waals surface area contributed by atoms with Crippen molar-refractivity contribution in [1.82, 2.24) is 5.32 Å². The van der Waals surface area contributed by atoms with Crippen molar-refractivity contribution in [3.8, 4) is 23.3 Å². The van der Waals surface area contributed by atoms with E-state index in [2.05, 4.69) is 10.6 Å². The number of nitrogens with zero attached hydrogens (tertiary/aromatic N) is 1. The summed E-state index contributed by atoms with van der Waals surface area (Å²) in [5, 5.41) is 14.8. The zero-order chi connectivity index (χ0) is 18.4. The molecule has 0 bridgehead atoms. The molecule has 132 valence electrons. The third-order valence-electron chi connectivity index (χ3n) is 3.73. The molecule has 0 radical (unpaired) electrons. The molecule has 3 rings (SSSR count). The van der Waals surface area contributed by atoms with E-state index in [-0.39, 0.29) is 12.4 Å². The SMILES string of the molecule is COc1ccc(CNC(=O)/C(C#N)=C\Nc2ccc3c(c2)OCO3)cc1. The van der Waals surface area contributed by atoms with E-state index < -0.39 is 5.91 Å². The van der Waals surface area contributed by atoms with Crippen molar-refractivity contribution < 1.29 is 19.0 Å². The summed E-state index contributed by atoms with van der Waals surface area (Å²) in [5.41, 5.74) is 1.56. The number of hydrogen-bond donors (Lipinski definition) is 2. The average molecular weight is 351 g/mol. The molecule has 0 aliphatic carbocycles. The molecule has 2 aromatic rings. The lowest BCUT2D eigenvalue weighted by atomic mass is 10.2. The van der Waals surface area contributed by atoms with Gasteiger partial charge in [0.05, 0.1) is 7.11 Å². The van der Waals surface area contributed by atoms with Gasteiger partial charge in [0.2, 0.25) is 6.79 Å². The number of ether oxygens (including phenoxy) is 3.